The quantitative estimate of drug-likeness (QED) is 0.813. The maximum atomic E-state index is 12.6. The smallest absolute Gasteiger partial charge is 0.225 e. The first-order chi connectivity index (χ1) is 11.4. The minimum atomic E-state index is -0.295. The van der Waals surface area contributed by atoms with E-state index in [-0.39, 0.29) is 23.4 Å². The molecule has 1 amide bonds. The molecule has 3 N–H and O–H groups in total. The average Bonchev–Trinajstić information content (AvgIpc) is 2.60. The standard InChI is InChI=1S/C21H28N2O/c1-16(19(22)18-12-8-5-9-13-18)20(24)23-21(2,3)15-14-17-10-6-4-7-11-17/h4-13,16,19H,14-15,22H2,1-3H3,(H,23,24). The Morgan fingerprint density at radius 1 is 1.04 bits per heavy atom. The van der Waals surface area contributed by atoms with Gasteiger partial charge in [-0.25, -0.2) is 0 Å². The number of carbonyl (C=O) groups excluding carboxylic acids is 1. The third-order valence-electron chi connectivity index (χ3n) is 4.48. The summed E-state index contributed by atoms with van der Waals surface area (Å²) in [5.74, 6) is -0.271. The van der Waals surface area contributed by atoms with Crippen LogP contribution in [-0.4, -0.2) is 11.4 Å². The summed E-state index contributed by atoms with van der Waals surface area (Å²) >= 11 is 0. The molecule has 0 radical (unpaired) electrons. The van der Waals surface area contributed by atoms with Gasteiger partial charge in [-0.05, 0) is 37.8 Å². The highest BCUT2D eigenvalue weighted by Crippen LogP contribution is 2.21. The molecule has 0 aliphatic carbocycles. The van der Waals surface area contributed by atoms with Gasteiger partial charge in [-0.15, -0.1) is 0 Å². The lowest BCUT2D eigenvalue weighted by Crippen LogP contribution is -2.47. The highest BCUT2D eigenvalue weighted by molar-refractivity contribution is 5.80. The third-order valence-corrected chi connectivity index (χ3v) is 4.48. The molecule has 0 aliphatic rings. The van der Waals surface area contributed by atoms with Crippen LogP contribution in [0.1, 0.15) is 44.4 Å². The van der Waals surface area contributed by atoms with Crippen LogP contribution < -0.4 is 11.1 Å². The zero-order valence-corrected chi connectivity index (χ0v) is 14.8. The van der Waals surface area contributed by atoms with E-state index in [1.54, 1.807) is 0 Å². The Labute approximate surface area is 145 Å². The van der Waals surface area contributed by atoms with Crippen LogP contribution in [0.3, 0.4) is 0 Å². The molecule has 0 saturated carbocycles. The van der Waals surface area contributed by atoms with E-state index < -0.39 is 0 Å². The molecule has 3 nitrogen and oxygen atoms in total. The molecule has 2 aromatic rings. The van der Waals surface area contributed by atoms with Crippen LogP contribution in [0.15, 0.2) is 60.7 Å². The lowest BCUT2D eigenvalue weighted by Gasteiger charge is -2.30. The second kappa shape index (κ2) is 8.11. The third kappa shape index (κ3) is 5.20. The summed E-state index contributed by atoms with van der Waals surface area (Å²) in [5.41, 5.74) is 8.27. The Bertz CT molecular complexity index is 637. The van der Waals surface area contributed by atoms with E-state index in [9.17, 15) is 4.79 Å². The summed E-state index contributed by atoms with van der Waals surface area (Å²) in [6.07, 6.45) is 1.82. The molecule has 2 rings (SSSR count). The van der Waals surface area contributed by atoms with Gasteiger partial charge in [-0.3, -0.25) is 4.79 Å². The Morgan fingerprint density at radius 3 is 2.17 bits per heavy atom. The van der Waals surface area contributed by atoms with E-state index in [4.69, 9.17) is 5.73 Å². The second-order valence-electron chi connectivity index (χ2n) is 7.08. The van der Waals surface area contributed by atoms with Crippen molar-refractivity contribution in [3.8, 4) is 0 Å². The molecule has 3 heteroatoms. The van der Waals surface area contributed by atoms with E-state index in [2.05, 4.69) is 31.3 Å². The molecule has 0 aliphatic heterocycles. The minimum absolute atomic E-state index is 0.00409. The highest BCUT2D eigenvalue weighted by Gasteiger charge is 2.27. The van der Waals surface area contributed by atoms with Gasteiger partial charge in [0.1, 0.15) is 0 Å². The van der Waals surface area contributed by atoms with Gasteiger partial charge in [-0.2, -0.15) is 0 Å². The molecule has 128 valence electrons. The van der Waals surface area contributed by atoms with Crippen molar-refractivity contribution in [2.24, 2.45) is 11.7 Å². The van der Waals surface area contributed by atoms with Crippen LogP contribution >= 0.6 is 0 Å². The Morgan fingerprint density at radius 2 is 1.58 bits per heavy atom. The molecule has 2 unspecified atom stereocenters. The summed E-state index contributed by atoms with van der Waals surface area (Å²) in [6.45, 7) is 6.02. The van der Waals surface area contributed by atoms with Crippen molar-refractivity contribution in [1.82, 2.24) is 5.32 Å². The van der Waals surface area contributed by atoms with E-state index in [0.29, 0.717) is 0 Å². The maximum absolute atomic E-state index is 12.6. The average molecular weight is 324 g/mol. The lowest BCUT2D eigenvalue weighted by atomic mass is 9.91. The van der Waals surface area contributed by atoms with Crippen LogP contribution in [-0.2, 0) is 11.2 Å². The van der Waals surface area contributed by atoms with Crippen LogP contribution in [0.2, 0.25) is 0 Å². The topological polar surface area (TPSA) is 55.1 Å². The van der Waals surface area contributed by atoms with Gasteiger partial charge in [-0.1, -0.05) is 67.6 Å². The molecule has 0 heterocycles. The summed E-state index contributed by atoms with van der Waals surface area (Å²) in [7, 11) is 0. The summed E-state index contributed by atoms with van der Waals surface area (Å²) in [6, 6.07) is 19.8. The van der Waals surface area contributed by atoms with Crippen molar-refractivity contribution in [1.29, 1.82) is 0 Å². The second-order valence-corrected chi connectivity index (χ2v) is 7.08. The summed E-state index contributed by atoms with van der Waals surface area (Å²) in [5, 5.41) is 3.16. The Hall–Kier alpha value is -2.13. The van der Waals surface area contributed by atoms with Gasteiger partial charge in [0.25, 0.3) is 0 Å². The molecule has 0 saturated heterocycles. The number of hydrogen-bond donors (Lipinski definition) is 2. The number of amides is 1. The molecule has 0 spiro atoms. The molecule has 0 bridgehead atoms. The van der Waals surface area contributed by atoms with Gasteiger partial charge < -0.3 is 11.1 Å². The molecule has 24 heavy (non-hydrogen) atoms. The van der Waals surface area contributed by atoms with Crippen molar-refractivity contribution >= 4 is 5.91 Å². The van der Waals surface area contributed by atoms with Gasteiger partial charge in [0.15, 0.2) is 0 Å². The molecule has 2 aromatic carbocycles. The monoisotopic (exact) mass is 324 g/mol. The number of aryl methyl sites for hydroxylation is 1. The van der Waals surface area contributed by atoms with Crippen LogP contribution in [0.4, 0.5) is 0 Å². The van der Waals surface area contributed by atoms with E-state index in [1.165, 1.54) is 5.56 Å². The van der Waals surface area contributed by atoms with E-state index in [0.717, 1.165) is 18.4 Å². The van der Waals surface area contributed by atoms with Crippen molar-refractivity contribution in [2.75, 3.05) is 0 Å². The van der Waals surface area contributed by atoms with E-state index >= 15 is 0 Å². The van der Waals surface area contributed by atoms with Gasteiger partial charge in [0.05, 0.1) is 5.92 Å². The molecular weight excluding hydrogens is 296 g/mol. The Balaban J connectivity index is 1.91. The number of carbonyl (C=O) groups is 1. The van der Waals surface area contributed by atoms with Crippen LogP contribution in [0.25, 0.3) is 0 Å². The highest BCUT2D eigenvalue weighted by atomic mass is 16.2. The fourth-order valence-corrected chi connectivity index (χ4v) is 2.74. The first kappa shape index (κ1) is 18.2. The minimum Gasteiger partial charge on any atom is -0.351 e. The van der Waals surface area contributed by atoms with E-state index in [1.807, 2.05) is 55.5 Å². The number of hydrogen-bond acceptors (Lipinski definition) is 2. The predicted octanol–water partition coefficient (Wildman–Crippen LogP) is 3.85. The molecule has 2 atom stereocenters. The lowest BCUT2D eigenvalue weighted by molar-refractivity contribution is -0.126. The van der Waals surface area contributed by atoms with Crippen molar-refractivity contribution in [3.63, 3.8) is 0 Å². The van der Waals surface area contributed by atoms with Gasteiger partial charge in [0, 0.05) is 11.6 Å². The fourth-order valence-electron chi connectivity index (χ4n) is 2.74. The SMILES string of the molecule is CC(C(=O)NC(C)(C)CCc1ccccc1)C(N)c1ccccc1. The van der Waals surface area contributed by atoms with Crippen molar-refractivity contribution < 1.29 is 4.79 Å². The Kier molecular flexibility index (Phi) is 6.16. The van der Waals surface area contributed by atoms with Crippen molar-refractivity contribution in [3.05, 3.63) is 71.8 Å². The van der Waals surface area contributed by atoms with Gasteiger partial charge in [0.2, 0.25) is 5.91 Å². The largest absolute Gasteiger partial charge is 0.351 e. The maximum Gasteiger partial charge on any atom is 0.225 e. The van der Waals surface area contributed by atoms with Crippen LogP contribution in [0, 0.1) is 5.92 Å². The molecular formula is C21H28N2O. The molecule has 0 aromatic heterocycles. The molecule has 0 fully saturated rings. The number of nitrogens with one attached hydrogen (secondary N) is 1. The van der Waals surface area contributed by atoms with Crippen molar-refractivity contribution in [2.45, 2.75) is 45.2 Å². The number of benzene rings is 2. The number of nitrogens with two attached hydrogens (primary N) is 1. The fraction of sp³-hybridized carbons (Fsp3) is 0.381. The first-order valence-electron chi connectivity index (χ1n) is 8.55. The summed E-state index contributed by atoms with van der Waals surface area (Å²) in [4.78, 5) is 12.6. The number of rotatable bonds is 7. The zero-order chi connectivity index (χ0) is 17.6. The normalized spacial score (nSPS) is 14.0. The zero-order valence-electron chi connectivity index (χ0n) is 14.8. The predicted molar refractivity (Wildman–Crippen MR) is 99.5 cm³/mol. The van der Waals surface area contributed by atoms with Crippen LogP contribution in [0.5, 0.6) is 0 Å². The summed E-state index contributed by atoms with van der Waals surface area (Å²) < 4.78 is 0. The van der Waals surface area contributed by atoms with Gasteiger partial charge >= 0.3 is 0 Å². The first-order valence-corrected chi connectivity index (χ1v) is 8.55.